The van der Waals surface area contributed by atoms with Gasteiger partial charge in [0, 0.05) is 0 Å². The number of amides is 1. The Bertz CT molecular complexity index is 648. The summed E-state index contributed by atoms with van der Waals surface area (Å²) in [5.74, 6) is 1.64. The van der Waals surface area contributed by atoms with Crippen LogP contribution < -0.4 is 14.8 Å². The average molecular weight is 311 g/mol. The minimum absolute atomic E-state index is 0.0225. The molecule has 1 amide bonds. The lowest BCUT2D eigenvalue weighted by Gasteiger charge is -2.18. The number of carbonyl (C=O) groups is 1. The number of benzene rings is 2. The second kappa shape index (κ2) is 6.73. The molecule has 0 atom stereocenters. The number of hydrogen-bond donors (Lipinski definition) is 1. The van der Waals surface area contributed by atoms with Gasteiger partial charge in [0.05, 0.1) is 25.7 Å². The molecule has 1 aliphatic carbocycles. The summed E-state index contributed by atoms with van der Waals surface area (Å²) >= 11 is 0. The highest BCUT2D eigenvalue weighted by Gasteiger charge is 2.45. The molecule has 0 aromatic heterocycles. The molecule has 2 aromatic carbocycles. The van der Waals surface area contributed by atoms with E-state index in [1.807, 2.05) is 54.6 Å². The van der Waals surface area contributed by atoms with Crippen molar-refractivity contribution in [2.75, 3.05) is 13.7 Å². The van der Waals surface area contributed by atoms with Crippen LogP contribution in [-0.2, 0) is 10.3 Å². The lowest BCUT2D eigenvalue weighted by atomic mass is 10.0. The van der Waals surface area contributed by atoms with Gasteiger partial charge in [-0.3, -0.25) is 4.79 Å². The van der Waals surface area contributed by atoms with Gasteiger partial charge in [0.1, 0.15) is 11.5 Å². The second-order valence-corrected chi connectivity index (χ2v) is 5.77. The third kappa shape index (κ3) is 3.83. The minimum atomic E-state index is -0.198. The first-order valence-corrected chi connectivity index (χ1v) is 7.85. The van der Waals surface area contributed by atoms with Crippen molar-refractivity contribution in [2.45, 2.75) is 24.8 Å². The molecule has 1 N–H and O–H groups in total. The topological polar surface area (TPSA) is 47.6 Å². The molecule has 1 fully saturated rings. The number of ether oxygens (including phenoxy) is 2. The Hall–Kier alpha value is -2.49. The van der Waals surface area contributed by atoms with Gasteiger partial charge in [-0.1, -0.05) is 30.3 Å². The number of carbonyl (C=O) groups excluding carboxylic acids is 1. The van der Waals surface area contributed by atoms with Crippen LogP contribution in [0.3, 0.4) is 0 Å². The van der Waals surface area contributed by atoms with E-state index in [9.17, 15) is 4.79 Å². The van der Waals surface area contributed by atoms with E-state index in [1.54, 1.807) is 7.11 Å². The van der Waals surface area contributed by atoms with Crippen LogP contribution in [0.5, 0.6) is 11.5 Å². The van der Waals surface area contributed by atoms with Gasteiger partial charge < -0.3 is 14.8 Å². The van der Waals surface area contributed by atoms with Gasteiger partial charge in [-0.2, -0.15) is 0 Å². The van der Waals surface area contributed by atoms with Crippen LogP contribution in [0.15, 0.2) is 54.6 Å². The predicted octanol–water partition coefficient (Wildman–Crippen LogP) is 3.27. The summed E-state index contributed by atoms with van der Waals surface area (Å²) in [4.78, 5) is 12.2. The lowest BCUT2D eigenvalue weighted by molar-refractivity contribution is -0.122. The first-order chi connectivity index (χ1) is 11.2. The summed E-state index contributed by atoms with van der Waals surface area (Å²) in [7, 11) is 1.65. The lowest BCUT2D eigenvalue weighted by Crippen LogP contribution is -2.35. The van der Waals surface area contributed by atoms with E-state index < -0.39 is 0 Å². The Morgan fingerprint density at radius 2 is 1.74 bits per heavy atom. The van der Waals surface area contributed by atoms with E-state index in [0.717, 1.165) is 29.9 Å². The maximum Gasteiger partial charge on any atom is 0.224 e. The van der Waals surface area contributed by atoms with Crippen LogP contribution in [-0.4, -0.2) is 19.6 Å². The van der Waals surface area contributed by atoms with E-state index in [-0.39, 0.29) is 11.4 Å². The minimum Gasteiger partial charge on any atom is -0.497 e. The standard InChI is InChI=1S/C19H21NO3/c1-22-16-9-7-15(8-10-16)19(12-13-19)20-18(21)11-14-23-17-5-3-2-4-6-17/h2-10H,11-14H2,1H3,(H,20,21). The molecule has 23 heavy (non-hydrogen) atoms. The van der Waals surface area contributed by atoms with Gasteiger partial charge in [-0.05, 0) is 42.7 Å². The van der Waals surface area contributed by atoms with Crippen molar-refractivity contribution in [3.63, 3.8) is 0 Å². The largest absolute Gasteiger partial charge is 0.497 e. The molecule has 2 aromatic rings. The zero-order valence-corrected chi connectivity index (χ0v) is 13.2. The predicted molar refractivity (Wildman–Crippen MR) is 88.6 cm³/mol. The number of methoxy groups -OCH3 is 1. The fraction of sp³-hybridized carbons (Fsp3) is 0.316. The number of rotatable bonds is 7. The molecule has 0 bridgehead atoms. The third-order valence-corrected chi connectivity index (χ3v) is 4.11. The van der Waals surface area contributed by atoms with E-state index in [0.29, 0.717) is 13.0 Å². The highest BCUT2D eigenvalue weighted by molar-refractivity contribution is 5.77. The molecular weight excluding hydrogens is 290 g/mol. The smallest absolute Gasteiger partial charge is 0.224 e. The Kier molecular flexibility index (Phi) is 4.51. The Morgan fingerprint density at radius 1 is 1.04 bits per heavy atom. The summed E-state index contributed by atoms with van der Waals surface area (Å²) in [5.41, 5.74) is 0.937. The van der Waals surface area contributed by atoms with Crippen molar-refractivity contribution in [1.29, 1.82) is 0 Å². The van der Waals surface area contributed by atoms with Crippen LogP contribution in [0, 0.1) is 0 Å². The Labute approximate surface area is 136 Å². The molecule has 0 heterocycles. The second-order valence-electron chi connectivity index (χ2n) is 5.77. The maximum atomic E-state index is 12.2. The molecule has 0 unspecified atom stereocenters. The zero-order valence-electron chi connectivity index (χ0n) is 13.2. The molecule has 0 aliphatic heterocycles. The third-order valence-electron chi connectivity index (χ3n) is 4.11. The number of hydrogen-bond acceptors (Lipinski definition) is 3. The van der Waals surface area contributed by atoms with E-state index >= 15 is 0 Å². The van der Waals surface area contributed by atoms with Crippen molar-refractivity contribution in [1.82, 2.24) is 5.32 Å². The average Bonchev–Trinajstić information content (AvgIpc) is 3.36. The van der Waals surface area contributed by atoms with Crippen LogP contribution in [0.25, 0.3) is 0 Å². The first kappa shape index (κ1) is 15.4. The normalized spacial score (nSPS) is 14.8. The summed E-state index contributed by atoms with van der Waals surface area (Å²) < 4.78 is 10.7. The summed E-state index contributed by atoms with van der Waals surface area (Å²) in [6.07, 6.45) is 2.31. The maximum absolute atomic E-state index is 12.2. The van der Waals surface area contributed by atoms with Gasteiger partial charge in [-0.25, -0.2) is 0 Å². The quantitative estimate of drug-likeness (QED) is 0.853. The van der Waals surface area contributed by atoms with Crippen molar-refractivity contribution >= 4 is 5.91 Å². The van der Waals surface area contributed by atoms with Crippen molar-refractivity contribution in [2.24, 2.45) is 0 Å². The van der Waals surface area contributed by atoms with Crippen LogP contribution in [0.1, 0.15) is 24.8 Å². The highest BCUT2D eigenvalue weighted by atomic mass is 16.5. The number of para-hydroxylation sites is 1. The van der Waals surface area contributed by atoms with Gasteiger partial charge in [0.15, 0.2) is 0 Å². The molecule has 0 saturated heterocycles. The van der Waals surface area contributed by atoms with Crippen LogP contribution in [0.4, 0.5) is 0 Å². The highest BCUT2D eigenvalue weighted by Crippen LogP contribution is 2.45. The van der Waals surface area contributed by atoms with E-state index in [1.165, 1.54) is 0 Å². The summed E-state index contributed by atoms with van der Waals surface area (Å²) in [6.45, 7) is 0.383. The molecule has 0 spiro atoms. The monoisotopic (exact) mass is 311 g/mol. The van der Waals surface area contributed by atoms with Crippen LogP contribution in [0.2, 0.25) is 0 Å². The molecule has 0 radical (unpaired) electrons. The Morgan fingerprint density at radius 3 is 2.35 bits per heavy atom. The summed E-state index contributed by atoms with van der Waals surface area (Å²) in [6, 6.07) is 17.4. The van der Waals surface area contributed by atoms with Gasteiger partial charge in [0.2, 0.25) is 5.91 Å². The van der Waals surface area contributed by atoms with Gasteiger partial charge in [-0.15, -0.1) is 0 Å². The Balaban J connectivity index is 1.50. The van der Waals surface area contributed by atoms with Gasteiger partial charge in [0.25, 0.3) is 0 Å². The molecule has 1 saturated carbocycles. The van der Waals surface area contributed by atoms with Crippen molar-refractivity contribution < 1.29 is 14.3 Å². The van der Waals surface area contributed by atoms with Gasteiger partial charge >= 0.3 is 0 Å². The van der Waals surface area contributed by atoms with E-state index in [4.69, 9.17) is 9.47 Å². The molecule has 1 aliphatic rings. The number of nitrogens with one attached hydrogen (secondary N) is 1. The van der Waals surface area contributed by atoms with Crippen LogP contribution >= 0.6 is 0 Å². The molecule has 4 nitrogen and oxygen atoms in total. The summed E-state index contributed by atoms with van der Waals surface area (Å²) in [5, 5.41) is 3.15. The first-order valence-electron chi connectivity index (χ1n) is 7.85. The SMILES string of the molecule is COc1ccc(C2(NC(=O)CCOc3ccccc3)CC2)cc1. The molecule has 3 rings (SSSR count). The molecule has 4 heteroatoms. The zero-order chi connectivity index (χ0) is 16.1. The fourth-order valence-electron chi connectivity index (χ4n) is 2.63. The molecule has 120 valence electrons. The fourth-order valence-corrected chi connectivity index (χ4v) is 2.63. The van der Waals surface area contributed by atoms with Crippen molar-refractivity contribution in [3.8, 4) is 11.5 Å². The van der Waals surface area contributed by atoms with Crippen molar-refractivity contribution in [3.05, 3.63) is 60.2 Å². The molecular formula is C19H21NO3. The van der Waals surface area contributed by atoms with E-state index in [2.05, 4.69) is 5.32 Å².